The summed E-state index contributed by atoms with van der Waals surface area (Å²) in [7, 11) is 1.74. The molecule has 1 aliphatic heterocycles. The molecular weight excluding hydrogens is 306 g/mol. The number of fused-ring (bicyclic) bond motifs is 1. The van der Waals surface area contributed by atoms with Crippen LogP contribution in [0.5, 0.6) is 0 Å². The van der Waals surface area contributed by atoms with Crippen LogP contribution in [-0.2, 0) is 10.3 Å². The van der Waals surface area contributed by atoms with Gasteiger partial charge in [-0.3, -0.25) is 0 Å². The first kappa shape index (κ1) is 16.9. The first-order valence-corrected chi connectivity index (χ1v) is 9.47. The average molecular weight is 333 g/mol. The molecule has 0 spiro atoms. The highest BCUT2D eigenvalue weighted by Gasteiger charge is 2.39. The summed E-state index contributed by atoms with van der Waals surface area (Å²) in [6.07, 6.45) is 5.06. The van der Waals surface area contributed by atoms with Gasteiger partial charge in [0.1, 0.15) is 5.60 Å². The number of aliphatic hydroxyl groups is 1. The van der Waals surface area contributed by atoms with Crippen LogP contribution in [0.3, 0.4) is 0 Å². The lowest BCUT2D eigenvalue weighted by molar-refractivity contribution is -0.0402. The van der Waals surface area contributed by atoms with Crippen LogP contribution in [0, 0.1) is 5.92 Å². The van der Waals surface area contributed by atoms with Crippen molar-refractivity contribution in [2.24, 2.45) is 5.92 Å². The van der Waals surface area contributed by atoms with E-state index >= 15 is 0 Å². The second-order valence-corrected chi connectivity index (χ2v) is 7.65. The Balaban J connectivity index is 1.86. The molecule has 2 heterocycles. The SMILES string of the molecule is COCCCC[C@@](O)(c1cc2ccccc2s1)[C@@H]1CCCNC1. The Morgan fingerprint density at radius 2 is 2.22 bits per heavy atom. The van der Waals surface area contributed by atoms with Crippen molar-refractivity contribution in [1.82, 2.24) is 5.32 Å². The van der Waals surface area contributed by atoms with E-state index in [1.165, 1.54) is 10.1 Å². The van der Waals surface area contributed by atoms with Crippen molar-refractivity contribution in [3.8, 4) is 0 Å². The van der Waals surface area contributed by atoms with Crippen molar-refractivity contribution in [3.05, 3.63) is 35.2 Å². The van der Waals surface area contributed by atoms with Gasteiger partial charge in [0.2, 0.25) is 0 Å². The summed E-state index contributed by atoms with van der Waals surface area (Å²) < 4.78 is 6.43. The van der Waals surface area contributed by atoms with Crippen LogP contribution in [0.1, 0.15) is 37.0 Å². The molecule has 0 radical (unpaired) electrons. The van der Waals surface area contributed by atoms with Gasteiger partial charge in [-0.15, -0.1) is 11.3 Å². The maximum absolute atomic E-state index is 11.6. The summed E-state index contributed by atoms with van der Waals surface area (Å²) in [5, 5.41) is 16.3. The fraction of sp³-hybridized carbons (Fsp3) is 0.579. The van der Waals surface area contributed by atoms with Gasteiger partial charge >= 0.3 is 0 Å². The zero-order valence-electron chi connectivity index (χ0n) is 13.9. The molecule has 0 bridgehead atoms. The molecule has 0 amide bonds. The van der Waals surface area contributed by atoms with Gasteiger partial charge in [-0.05, 0) is 56.2 Å². The lowest BCUT2D eigenvalue weighted by Gasteiger charge is -2.38. The van der Waals surface area contributed by atoms with Gasteiger partial charge in [-0.1, -0.05) is 18.2 Å². The van der Waals surface area contributed by atoms with E-state index in [4.69, 9.17) is 4.74 Å². The molecule has 1 aromatic heterocycles. The van der Waals surface area contributed by atoms with Gasteiger partial charge in [-0.2, -0.15) is 0 Å². The Labute approximate surface area is 142 Å². The molecule has 3 nitrogen and oxygen atoms in total. The van der Waals surface area contributed by atoms with Gasteiger partial charge in [0.25, 0.3) is 0 Å². The third-order valence-electron chi connectivity index (χ3n) is 4.98. The van der Waals surface area contributed by atoms with Crippen LogP contribution in [-0.4, -0.2) is 31.9 Å². The fourth-order valence-electron chi connectivity index (χ4n) is 3.62. The minimum Gasteiger partial charge on any atom is -0.385 e. The Kier molecular flexibility index (Phi) is 5.70. The van der Waals surface area contributed by atoms with Crippen LogP contribution in [0.15, 0.2) is 30.3 Å². The number of piperidine rings is 1. The quantitative estimate of drug-likeness (QED) is 0.755. The van der Waals surface area contributed by atoms with Gasteiger partial charge in [0.15, 0.2) is 0 Å². The maximum Gasteiger partial charge on any atom is 0.103 e. The number of hydrogen-bond acceptors (Lipinski definition) is 4. The first-order chi connectivity index (χ1) is 11.2. The van der Waals surface area contributed by atoms with Crippen LogP contribution >= 0.6 is 11.3 Å². The highest BCUT2D eigenvalue weighted by atomic mass is 32.1. The summed E-state index contributed by atoms with van der Waals surface area (Å²) in [5.41, 5.74) is -0.717. The molecule has 1 saturated heterocycles. The highest BCUT2D eigenvalue weighted by molar-refractivity contribution is 7.19. The van der Waals surface area contributed by atoms with Crippen molar-refractivity contribution < 1.29 is 9.84 Å². The first-order valence-electron chi connectivity index (χ1n) is 8.65. The molecule has 2 atom stereocenters. The zero-order valence-corrected chi connectivity index (χ0v) is 14.7. The number of hydrogen-bond donors (Lipinski definition) is 2. The minimum atomic E-state index is -0.717. The third-order valence-corrected chi connectivity index (χ3v) is 6.26. The molecular formula is C19H27NO2S. The predicted molar refractivity (Wildman–Crippen MR) is 97.0 cm³/mol. The minimum absolute atomic E-state index is 0.298. The Morgan fingerprint density at radius 3 is 2.96 bits per heavy atom. The van der Waals surface area contributed by atoms with Crippen molar-refractivity contribution in [3.63, 3.8) is 0 Å². The number of benzene rings is 1. The average Bonchev–Trinajstić information content (AvgIpc) is 3.04. The van der Waals surface area contributed by atoms with Crippen molar-refractivity contribution in [2.45, 2.75) is 37.7 Å². The number of methoxy groups -OCH3 is 1. The number of ether oxygens (including phenoxy) is 1. The molecule has 1 fully saturated rings. The molecule has 2 aromatic rings. The van der Waals surface area contributed by atoms with Gasteiger partial charge in [0.05, 0.1) is 0 Å². The number of rotatable bonds is 7. The largest absolute Gasteiger partial charge is 0.385 e. The molecule has 1 aromatic carbocycles. The molecule has 126 valence electrons. The van der Waals surface area contributed by atoms with E-state index in [-0.39, 0.29) is 0 Å². The maximum atomic E-state index is 11.6. The van der Waals surface area contributed by atoms with Crippen molar-refractivity contribution in [1.29, 1.82) is 0 Å². The van der Waals surface area contributed by atoms with E-state index in [9.17, 15) is 5.11 Å². The van der Waals surface area contributed by atoms with E-state index in [0.29, 0.717) is 5.92 Å². The summed E-state index contributed by atoms with van der Waals surface area (Å²) in [5.74, 6) is 0.298. The topological polar surface area (TPSA) is 41.5 Å². The second kappa shape index (κ2) is 7.75. The molecule has 23 heavy (non-hydrogen) atoms. The Morgan fingerprint density at radius 1 is 1.35 bits per heavy atom. The van der Waals surface area contributed by atoms with Gasteiger partial charge in [0, 0.05) is 35.8 Å². The van der Waals surface area contributed by atoms with Crippen LogP contribution in [0.25, 0.3) is 10.1 Å². The van der Waals surface area contributed by atoms with Crippen molar-refractivity contribution in [2.75, 3.05) is 26.8 Å². The van der Waals surface area contributed by atoms with E-state index in [0.717, 1.165) is 56.7 Å². The van der Waals surface area contributed by atoms with E-state index < -0.39 is 5.60 Å². The fourth-order valence-corrected chi connectivity index (χ4v) is 4.88. The third kappa shape index (κ3) is 3.77. The standard InChI is InChI=1S/C19H27NO2S/c1-22-12-5-4-10-19(21,16-8-6-11-20-14-16)18-13-15-7-2-3-9-17(15)23-18/h2-3,7,9,13,16,20-21H,4-6,8,10-12,14H2,1H3/t16-,19+/m1/s1. The smallest absolute Gasteiger partial charge is 0.103 e. The Bertz CT molecular complexity index is 588. The number of nitrogens with one attached hydrogen (secondary N) is 1. The number of thiophene rings is 1. The van der Waals surface area contributed by atoms with E-state index in [1.54, 1.807) is 18.4 Å². The molecule has 0 unspecified atom stereocenters. The lowest BCUT2D eigenvalue weighted by atomic mass is 9.78. The monoisotopic (exact) mass is 333 g/mol. The second-order valence-electron chi connectivity index (χ2n) is 6.57. The van der Waals surface area contributed by atoms with E-state index in [2.05, 4.69) is 35.6 Å². The number of unbranched alkanes of at least 4 members (excludes halogenated alkanes) is 1. The van der Waals surface area contributed by atoms with Crippen LogP contribution in [0.4, 0.5) is 0 Å². The summed E-state index contributed by atoms with van der Waals surface area (Å²) in [4.78, 5) is 1.13. The summed E-state index contributed by atoms with van der Waals surface area (Å²) in [6, 6.07) is 10.6. The highest BCUT2D eigenvalue weighted by Crippen LogP contribution is 2.43. The molecule has 3 rings (SSSR count). The molecule has 2 N–H and O–H groups in total. The predicted octanol–water partition coefficient (Wildman–Crippen LogP) is 3.91. The summed E-state index contributed by atoms with van der Waals surface area (Å²) in [6.45, 7) is 2.75. The molecule has 0 saturated carbocycles. The zero-order chi connectivity index (χ0) is 16.1. The normalized spacial score (nSPS) is 21.4. The van der Waals surface area contributed by atoms with Gasteiger partial charge < -0.3 is 15.2 Å². The summed E-state index contributed by atoms with van der Waals surface area (Å²) >= 11 is 1.75. The lowest BCUT2D eigenvalue weighted by Crippen LogP contribution is -2.43. The van der Waals surface area contributed by atoms with Gasteiger partial charge in [-0.25, -0.2) is 0 Å². The van der Waals surface area contributed by atoms with Crippen molar-refractivity contribution >= 4 is 21.4 Å². The van der Waals surface area contributed by atoms with Crippen LogP contribution in [0.2, 0.25) is 0 Å². The van der Waals surface area contributed by atoms with Crippen LogP contribution < -0.4 is 5.32 Å². The van der Waals surface area contributed by atoms with E-state index in [1.807, 2.05) is 0 Å². The Hall–Kier alpha value is -0.940. The molecule has 4 heteroatoms. The molecule has 1 aliphatic rings. The molecule has 0 aliphatic carbocycles.